The van der Waals surface area contributed by atoms with Crippen LogP contribution in [0.3, 0.4) is 0 Å². The average molecular weight is 520 g/mol. The van der Waals surface area contributed by atoms with Crippen LogP contribution in [0, 0.1) is 0 Å². The van der Waals surface area contributed by atoms with E-state index in [4.69, 9.17) is 10.5 Å². The fourth-order valence-electron chi connectivity index (χ4n) is 3.97. The summed E-state index contributed by atoms with van der Waals surface area (Å²) >= 11 is 1.48. The lowest BCUT2D eigenvalue weighted by Crippen LogP contribution is -2.60. The number of hydrogen-bond acceptors (Lipinski definition) is 8. The quantitative estimate of drug-likeness (QED) is 0.133. The monoisotopic (exact) mass is 519 g/mol. The summed E-state index contributed by atoms with van der Waals surface area (Å²) in [4.78, 5) is 23.7. The van der Waals surface area contributed by atoms with E-state index in [0.29, 0.717) is 25.9 Å². The zero-order chi connectivity index (χ0) is 25.9. The van der Waals surface area contributed by atoms with Gasteiger partial charge >= 0.3 is 0 Å². The van der Waals surface area contributed by atoms with Crippen LogP contribution in [0.5, 0.6) is 0 Å². The van der Waals surface area contributed by atoms with Crippen LogP contribution in [0.25, 0.3) is 0 Å². The van der Waals surface area contributed by atoms with Gasteiger partial charge in [0.2, 0.25) is 11.8 Å². The van der Waals surface area contributed by atoms with Crippen LogP contribution in [-0.4, -0.2) is 82.4 Å². The zero-order valence-corrected chi connectivity index (χ0v) is 22.3. The molecule has 0 aliphatic carbocycles. The second kappa shape index (κ2) is 20.2. The lowest BCUT2D eigenvalue weighted by atomic mass is 9.99. The number of rotatable bonds is 20. The maximum absolute atomic E-state index is 11.9. The van der Waals surface area contributed by atoms with E-state index in [1.165, 1.54) is 31.0 Å². The fourth-order valence-corrected chi connectivity index (χ4v) is 5.17. The number of ether oxygens (including phenoxy) is 1. The van der Waals surface area contributed by atoms with Gasteiger partial charge in [0.1, 0.15) is 23.7 Å². The molecule has 35 heavy (non-hydrogen) atoms. The van der Waals surface area contributed by atoms with Crippen molar-refractivity contribution in [3.8, 4) is 0 Å². The summed E-state index contributed by atoms with van der Waals surface area (Å²) in [5.74, 6) is 0.986. The van der Waals surface area contributed by atoms with E-state index in [2.05, 4.69) is 17.6 Å². The van der Waals surface area contributed by atoms with Gasteiger partial charge in [0, 0.05) is 25.9 Å². The highest BCUT2D eigenvalue weighted by molar-refractivity contribution is 7.99. The zero-order valence-electron chi connectivity index (χ0n) is 21.5. The van der Waals surface area contributed by atoms with Crippen LogP contribution >= 0.6 is 11.8 Å². The summed E-state index contributed by atoms with van der Waals surface area (Å²) < 4.78 is 5.59. The molecule has 3 unspecified atom stereocenters. The first-order valence-corrected chi connectivity index (χ1v) is 14.5. The Morgan fingerprint density at radius 3 is 1.94 bits per heavy atom. The van der Waals surface area contributed by atoms with Crippen molar-refractivity contribution in [1.82, 2.24) is 10.6 Å². The predicted molar refractivity (Wildman–Crippen MR) is 140 cm³/mol. The topological polar surface area (TPSA) is 154 Å². The Labute approximate surface area is 215 Å². The number of carbonyl (C=O) groups is 2. The molecule has 0 saturated carbocycles. The van der Waals surface area contributed by atoms with E-state index in [0.717, 1.165) is 57.1 Å². The number of aliphatic hydroxyl groups is 3. The molecule has 0 aromatic carbocycles. The second-order valence-corrected chi connectivity index (χ2v) is 10.6. The summed E-state index contributed by atoms with van der Waals surface area (Å²) in [5.41, 5.74) is 5.47. The minimum absolute atomic E-state index is 0.0691. The Hall–Kier alpha value is -0.910. The molecule has 1 aliphatic heterocycles. The van der Waals surface area contributed by atoms with Crippen molar-refractivity contribution in [2.24, 2.45) is 5.73 Å². The SMILES string of the molecule is CCCCCCCC(=O)NCCCCCC(=O)NCCCCCS[C@@H]1OC(CO)[C@H](O)C(O)C1N. The average Bonchev–Trinajstić information content (AvgIpc) is 2.85. The van der Waals surface area contributed by atoms with Gasteiger partial charge in [-0.2, -0.15) is 0 Å². The van der Waals surface area contributed by atoms with Crippen molar-refractivity contribution in [1.29, 1.82) is 0 Å². The first-order chi connectivity index (χ1) is 16.9. The Morgan fingerprint density at radius 2 is 1.37 bits per heavy atom. The van der Waals surface area contributed by atoms with E-state index in [-0.39, 0.29) is 18.4 Å². The molecule has 9 nitrogen and oxygen atoms in total. The lowest BCUT2D eigenvalue weighted by molar-refractivity contribution is -0.165. The van der Waals surface area contributed by atoms with Crippen LogP contribution in [0.2, 0.25) is 0 Å². The van der Waals surface area contributed by atoms with Gasteiger partial charge < -0.3 is 36.4 Å². The molecule has 1 rings (SSSR count). The van der Waals surface area contributed by atoms with Gasteiger partial charge in [-0.3, -0.25) is 9.59 Å². The molecule has 0 spiro atoms. The van der Waals surface area contributed by atoms with Gasteiger partial charge in [0.15, 0.2) is 0 Å². The van der Waals surface area contributed by atoms with Gasteiger partial charge in [-0.05, 0) is 37.9 Å². The summed E-state index contributed by atoms with van der Waals surface area (Å²) in [6, 6.07) is -0.700. The molecule has 206 valence electrons. The molecular formula is C25H49N3O6S. The molecule has 7 N–H and O–H groups in total. The molecule has 1 aliphatic rings. The van der Waals surface area contributed by atoms with Crippen LogP contribution in [0.15, 0.2) is 0 Å². The summed E-state index contributed by atoms with van der Waals surface area (Å²) in [6.45, 7) is 3.15. The molecular weight excluding hydrogens is 470 g/mol. The van der Waals surface area contributed by atoms with Crippen LogP contribution in [0.1, 0.15) is 90.4 Å². The number of aliphatic hydroxyl groups excluding tert-OH is 3. The molecule has 5 atom stereocenters. The Bertz CT molecular complexity index is 569. The van der Waals surface area contributed by atoms with Gasteiger partial charge in [-0.1, -0.05) is 45.4 Å². The molecule has 2 amide bonds. The van der Waals surface area contributed by atoms with Crippen LogP contribution < -0.4 is 16.4 Å². The Morgan fingerprint density at radius 1 is 0.829 bits per heavy atom. The molecule has 0 aromatic rings. The number of thioether (sulfide) groups is 1. The summed E-state index contributed by atoms with van der Waals surface area (Å²) in [5, 5.41) is 35.0. The standard InChI is InChI=1S/C25H49N3O6S/c1-2-3-4-5-8-13-20(30)27-15-10-6-9-14-21(31)28-16-11-7-12-17-35-25-22(26)24(33)23(32)19(18-29)34-25/h19,22-25,29,32-33H,2-18,26H2,1H3,(H,27,30)(H,28,31)/t19?,22?,23-,24?,25-/m0/s1. The fraction of sp³-hybridized carbons (Fsp3) is 0.920. The summed E-state index contributed by atoms with van der Waals surface area (Å²) in [7, 11) is 0. The molecule has 0 radical (unpaired) electrons. The van der Waals surface area contributed by atoms with E-state index < -0.39 is 29.8 Å². The molecule has 1 saturated heterocycles. The van der Waals surface area contributed by atoms with Crippen molar-refractivity contribution in [2.75, 3.05) is 25.4 Å². The minimum Gasteiger partial charge on any atom is -0.394 e. The number of nitrogens with two attached hydrogens (primary N) is 1. The van der Waals surface area contributed by atoms with E-state index in [1.807, 2.05) is 0 Å². The normalized spacial score (nSPS) is 24.3. The lowest BCUT2D eigenvalue weighted by Gasteiger charge is -2.40. The third kappa shape index (κ3) is 14.4. The van der Waals surface area contributed by atoms with E-state index in [1.54, 1.807) is 0 Å². The van der Waals surface area contributed by atoms with Gasteiger partial charge in [-0.25, -0.2) is 0 Å². The molecule has 0 bridgehead atoms. The van der Waals surface area contributed by atoms with Crippen molar-refractivity contribution >= 4 is 23.6 Å². The van der Waals surface area contributed by atoms with E-state index >= 15 is 0 Å². The number of unbranched alkanes of at least 4 members (excludes halogenated alkanes) is 8. The van der Waals surface area contributed by atoms with Crippen molar-refractivity contribution in [3.05, 3.63) is 0 Å². The smallest absolute Gasteiger partial charge is 0.219 e. The van der Waals surface area contributed by atoms with Gasteiger partial charge in [0.05, 0.1) is 12.6 Å². The molecule has 1 fully saturated rings. The van der Waals surface area contributed by atoms with Crippen LogP contribution in [0.4, 0.5) is 0 Å². The van der Waals surface area contributed by atoms with Gasteiger partial charge in [0.25, 0.3) is 0 Å². The third-order valence-electron chi connectivity index (χ3n) is 6.26. The van der Waals surface area contributed by atoms with Crippen molar-refractivity contribution in [2.45, 2.75) is 120 Å². The van der Waals surface area contributed by atoms with E-state index in [9.17, 15) is 24.9 Å². The Kier molecular flexibility index (Phi) is 18.5. The number of amides is 2. The maximum Gasteiger partial charge on any atom is 0.219 e. The maximum atomic E-state index is 11.9. The predicted octanol–water partition coefficient (Wildman–Crippen LogP) is 1.81. The minimum atomic E-state index is -1.17. The highest BCUT2D eigenvalue weighted by Crippen LogP contribution is 2.28. The molecule has 1 heterocycles. The van der Waals surface area contributed by atoms with Crippen molar-refractivity contribution in [3.63, 3.8) is 0 Å². The molecule has 0 aromatic heterocycles. The largest absolute Gasteiger partial charge is 0.394 e. The summed E-state index contributed by atoms with van der Waals surface area (Å²) in [6.07, 6.45) is 9.18. The number of hydrogen-bond donors (Lipinski definition) is 6. The molecule has 10 heteroatoms. The Balaban J connectivity index is 1.93. The second-order valence-electron chi connectivity index (χ2n) is 9.39. The van der Waals surface area contributed by atoms with Crippen LogP contribution in [-0.2, 0) is 14.3 Å². The highest BCUT2D eigenvalue weighted by atomic mass is 32.2. The van der Waals surface area contributed by atoms with Gasteiger partial charge in [-0.15, -0.1) is 11.8 Å². The first-order valence-electron chi connectivity index (χ1n) is 13.4. The number of carbonyl (C=O) groups excluding carboxylic acids is 2. The highest BCUT2D eigenvalue weighted by Gasteiger charge is 2.42. The third-order valence-corrected chi connectivity index (χ3v) is 7.54. The van der Waals surface area contributed by atoms with Crippen molar-refractivity contribution < 1.29 is 29.6 Å². The first kappa shape index (κ1) is 32.1. The number of nitrogens with one attached hydrogen (secondary N) is 2.